The lowest BCUT2D eigenvalue weighted by molar-refractivity contribution is -0.128. The van der Waals surface area contributed by atoms with E-state index in [0.717, 1.165) is 38.1 Å². The zero-order valence-electron chi connectivity index (χ0n) is 9.54. The van der Waals surface area contributed by atoms with Gasteiger partial charge in [0.15, 0.2) is 0 Å². The molecule has 0 radical (unpaired) electrons. The average Bonchev–Trinajstić information content (AvgIpc) is 2.81. The Morgan fingerprint density at radius 3 is 2.88 bits per heavy atom. The Bertz CT molecular complexity index is 226. The summed E-state index contributed by atoms with van der Waals surface area (Å²) in [7, 11) is 0. The van der Waals surface area contributed by atoms with Gasteiger partial charge in [-0.2, -0.15) is 11.8 Å². The number of rotatable bonds is 4. The van der Waals surface area contributed by atoms with Crippen LogP contribution in [0.25, 0.3) is 0 Å². The van der Waals surface area contributed by atoms with Crippen molar-refractivity contribution < 1.29 is 9.53 Å². The number of nitrogens with one attached hydrogen (secondary N) is 2. The lowest BCUT2D eigenvalue weighted by Gasteiger charge is -2.23. The van der Waals surface area contributed by atoms with Crippen LogP contribution in [0, 0.1) is 0 Å². The summed E-state index contributed by atoms with van der Waals surface area (Å²) in [5.41, 5.74) is 0. The van der Waals surface area contributed by atoms with E-state index in [-0.39, 0.29) is 18.6 Å². The molecule has 2 aliphatic heterocycles. The van der Waals surface area contributed by atoms with Crippen molar-refractivity contribution in [3.63, 3.8) is 0 Å². The summed E-state index contributed by atoms with van der Waals surface area (Å²) in [4.78, 5) is 11.6. The van der Waals surface area contributed by atoms with Crippen molar-refractivity contribution in [2.24, 2.45) is 0 Å². The average molecular weight is 244 g/mol. The number of amides is 1. The van der Waals surface area contributed by atoms with Crippen LogP contribution in [0.5, 0.6) is 0 Å². The van der Waals surface area contributed by atoms with Gasteiger partial charge < -0.3 is 15.4 Å². The first-order valence-corrected chi connectivity index (χ1v) is 7.19. The second-order valence-electron chi connectivity index (χ2n) is 4.39. The Morgan fingerprint density at radius 2 is 2.19 bits per heavy atom. The summed E-state index contributed by atoms with van der Waals surface area (Å²) in [6.07, 6.45) is 3.41. The maximum absolute atomic E-state index is 11.6. The van der Waals surface area contributed by atoms with Crippen LogP contribution in [0.4, 0.5) is 0 Å². The zero-order chi connectivity index (χ0) is 11.2. The number of thioether (sulfide) groups is 1. The number of hydrogen-bond acceptors (Lipinski definition) is 4. The molecule has 16 heavy (non-hydrogen) atoms. The minimum absolute atomic E-state index is 0.0473. The van der Waals surface area contributed by atoms with Crippen molar-refractivity contribution >= 4 is 17.7 Å². The molecule has 0 aliphatic carbocycles. The Hall–Kier alpha value is -0.260. The smallest absolute Gasteiger partial charge is 0.246 e. The van der Waals surface area contributed by atoms with Crippen molar-refractivity contribution in [3.05, 3.63) is 0 Å². The largest absolute Gasteiger partial charge is 0.368 e. The third kappa shape index (κ3) is 3.96. The highest BCUT2D eigenvalue weighted by molar-refractivity contribution is 7.99. The molecule has 2 aliphatic rings. The van der Waals surface area contributed by atoms with E-state index < -0.39 is 0 Å². The highest BCUT2D eigenvalue weighted by Crippen LogP contribution is 2.16. The third-order valence-corrected chi connectivity index (χ3v) is 4.19. The van der Waals surface area contributed by atoms with E-state index in [0.29, 0.717) is 6.04 Å². The van der Waals surface area contributed by atoms with E-state index in [9.17, 15) is 4.79 Å². The summed E-state index contributed by atoms with van der Waals surface area (Å²) in [6, 6.07) is 0.370. The fourth-order valence-electron chi connectivity index (χ4n) is 2.07. The van der Waals surface area contributed by atoms with Crippen LogP contribution >= 0.6 is 11.8 Å². The molecule has 4 nitrogen and oxygen atoms in total. The van der Waals surface area contributed by atoms with Crippen molar-refractivity contribution in [3.8, 4) is 0 Å². The van der Waals surface area contributed by atoms with Gasteiger partial charge in [-0.25, -0.2) is 0 Å². The molecule has 0 aromatic heterocycles. The van der Waals surface area contributed by atoms with Crippen LogP contribution in [0.2, 0.25) is 0 Å². The van der Waals surface area contributed by atoms with Crippen LogP contribution in [0.15, 0.2) is 0 Å². The molecule has 2 saturated heterocycles. The Labute approximate surface area is 101 Å². The van der Waals surface area contributed by atoms with Crippen molar-refractivity contribution in [2.75, 3.05) is 31.2 Å². The first-order valence-electron chi connectivity index (χ1n) is 6.04. The quantitative estimate of drug-likeness (QED) is 0.750. The van der Waals surface area contributed by atoms with Gasteiger partial charge in [-0.1, -0.05) is 0 Å². The van der Waals surface area contributed by atoms with Gasteiger partial charge in [0, 0.05) is 11.8 Å². The van der Waals surface area contributed by atoms with Crippen molar-refractivity contribution in [1.29, 1.82) is 0 Å². The maximum atomic E-state index is 11.6. The standard InChI is InChI=1S/C11H20N2O2S/c14-11(13-9-3-6-16-8-9)7-15-10-1-4-12-5-2-10/h9-10,12H,1-8H2,(H,13,14). The first-order chi connectivity index (χ1) is 7.84. The molecule has 1 atom stereocenters. The van der Waals surface area contributed by atoms with Crippen molar-refractivity contribution in [1.82, 2.24) is 10.6 Å². The van der Waals surface area contributed by atoms with E-state index in [1.165, 1.54) is 5.75 Å². The molecule has 0 bridgehead atoms. The van der Waals surface area contributed by atoms with Crippen LogP contribution in [-0.2, 0) is 9.53 Å². The molecule has 2 fully saturated rings. The van der Waals surface area contributed by atoms with Gasteiger partial charge in [0.05, 0.1) is 6.10 Å². The SMILES string of the molecule is O=C(COC1CCNCC1)NC1CCSC1. The molecule has 2 heterocycles. The Kier molecular flexibility index (Phi) is 4.93. The molecular formula is C11H20N2O2S. The molecule has 0 aromatic carbocycles. The molecule has 1 unspecified atom stereocenters. The Morgan fingerprint density at radius 1 is 1.38 bits per heavy atom. The minimum atomic E-state index is 0.0473. The summed E-state index contributed by atoms with van der Waals surface area (Å²) in [6.45, 7) is 2.24. The molecule has 0 spiro atoms. The fourth-order valence-corrected chi connectivity index (χ4v) is 3.23. The van der Waals surface area contributed by atoms with Crippen molar-refractivity contribution in [2.45, 2.75) is 31.4 Å². The van der Waals surface area contributed by atoms with Gasteiger partial charge in [0.1, 0.15) is 6.61 Å². The maximum Gasteiger partial charge on any atom is 0.246 e. The number of carbonyl (C=O) groups excluding carboxylic acids is 1. The third-order valence-electron chi connectivity index (χ3n) is 3.03. The number of ether oxygens (including phenoxy) is 1. The second-order valence-corrected chi connectivity index (χ2v) is 5.54. The second kappa shape index (κ2) is 6.47. The van der Waals surface area contributed by atoms with E-state index in [2.05, 4.69) is 10.6 Å². The van der Waals surface area contributed by atoms with E-state index in [1.807, 2.05) is 11.8 Å². The molecule has 2 rings (SSSR count). The zero-order valence-corrected chi connectivity index (χ0v) is 10.4. The van der Waals surface area contributed by atoms with Gasteiger partial charge in [-0.3, -0.25) is 4.79 Å². The van der Waals surface area contributed by atoms with Gasteiger partial charge in [-0.05, 0) is 38.1 Å². The molecular weight excluding hydrogens is 224 g/mol. The lowest BCUT2D eigenvalue weighted by Crippen LogP contribution is -2.39. The highest BCUT2D eigenvalue weighted by Gasteiger charge is 2.19. The molecule has 0 aromatic rings. The van der Waals surface area contributed by atoms with Gasteiger partial charge in [0.25, 0.3) is 0 Å². The molecule has 2 N–H and O–H groups in total. The van der Waals surface area contributed by atoms with E-state index >= 15 is 0 Å². The van der Waals surface area contributed by atoms with Crippen LogP contribution in [0.1, 0.15) is 19.3 Å². The highest BCUT2D eigenvalue weighted by atomic mass is 32.2. The molecule has 1 amide bonds. The van der Waals surface area contributed by atoms with E-state index in [4.69, 9.17) is 4.74 Å². The van der Waals surface area contributed by atoms with Gasteiger partial charge >= 0.3 is 0 Å². The number of carbonyl (C=O) groups is 1. The monoisotopic (exact) mass is 244 g/mol. The van der Waals surface area contributed by atoms with Crippen LogP contribution in [0.3, 0.4) is 0 Å². The fraction of sp³-hybridized carbons (Fsp3) is 0.909. The van der Waals surface area contributed by atoms with E-state index in [1.54, 1.807) is 0 Å². The Balaban J connectivity index is 1.59. The topological polar surface area (TPSA) is 50.4 Å². The number of hydrogen-bond donors (Lipinski definition) is 2. The molecule has 92 valence electrons. The summed E-state index contributed by atoms with van der Waals surface area (Å²) < 4.78 is 5.60. The van der Waals surface area contributed by atoms with Gasteiger partial charge in [-0.15, -0.1) is 0 Å². The normalized spacial score (nSPS) is 26.9. The molecule has 5 heteroatoms. The number of piperidine rings is 1. The molecule has 0 saturated carbocycles. The first kappa shape index (κ1) is 12.2. The predicted octanol–water partition coefficient (Wildman–Crippen LogP) is 0.377. The van der Waals surface area contributed by atoms with Crippen LogP contribution in [-0.4, -0.2) is 49.3 Å². The lowest BCUT2D eigenvalue weighted by atomic mass is 10.1. The van der Waals surface area contributed by atoms with Gasteiger partial charge in [0.2, 0.25) is 5.91 Å². The van der Waals surface area contributed by atoms with Crippen LogP contribution < -0.4 is 10.6 Å². The summed E-state index contributed by atoms with van der Waals surface area (Å²) in [5.74, 6) is 2.27. The summed E-state index contributed by atoms with van der Waals surface area (Å²) in [5, 5.41) is 6.30. The predicted molar refractivity (Wildman–Crippen MR) is 65.7 cm³/mol. The minimum Gasteiger partial charge on any atom is -0.368 e. The summed E-state index contributed by atoms with van der Waals surface area (Å²) >= 11 is 1.91.